The van der Waals surface area contributed by atoms with Crippen LogP contribution in [0.15, 0.2) is 24.3 Å². The predicted molar refractivity (Wildman–Crippen MR) is 112 cm³/mol. The van der Waals surface area contributed by atoms with Gasteiger partial charge in [0.05, 0.1) is 18.3 Å². The molecule has 4 nitrogen and oxygen atoms in total. The Morgan fingerprint density at radius 1 is 1.33 bits per heavy atom. The maximum absolute atomic E-state index is 10.7. The molecule has 0 aromatic rings. The number of hydrogen-bond donors (Lipinski definition) is 2. The Balaban J connectivity index is 1.85. The fraction of sp³-hybridized carbons (Fsp3) is 0.773. The summed E-state index contributed by atoms with van der Waals surface area (Å²) in [6, 6.07) is 0. The maximum Gasteiger partial charge on any atom is 0.328 e. The molecule has 2 heterocycles. The number of rotatable bonds is 12. The topological polar surface area (TPSA) is 66.8 Å². The second-order valence-electron chi connectivity index (χ2n) is 8.56. The van der Waals surface area contributed by atoms with E-state index in [9.17, 15) is 9.90 Å². The van der Waals surface area contributed by atoms with Crippen LogP contribution in [0.4, 0.5) is 0 Å². The lowest BCUT2D eigenvalue weighted by Gasteiger charge is -2.30. The van der Waals surface area contributed by atoms with E-state index in [-0.39, 0.29) is 5.41 Å². The number of carboxylic acids is 1. The average molecular weight is 397 g/mol. The highest BCUT2D eigenvalue weighted by molar-refractivity contribution is 7.99. The normalized spacial score (nSPS) is 29.2. The van der Waals surface area contributed by atoms with E-state index in [2.05, 4.69) is 26.8 Å². The third-order valence-electron chi connectivity index (χ3n) is 6.05. The number of aliphatic hydroxyl groups is 1. The lowest BCUT2D eigenvalue weighted by molar-refractivity contribution is -0.131. The molecule has 0 aliphatic carbocycles. The molecule has 2 rings (SSSR count). The summed E-state index contributed by atoms with van der Waals surface area (Å²) in [7, 11) is 0. The number of hydrogen-bond acceptors (Lipinski definition) is 4. The molecule has 2 bridgehead atoms. The molecule has 2 aliphatic rings. The lowest BCUT2D eigenvalue weighted by Crippen LogP contribution is -2.29. The van der Waals surface area contributed by atoms with Crippen LogP contribution < -0.4 is 0 Å². The minimum atomic E-state index is -0.886. The summed E-state index contributed by atoms with van der Waals surface area (Å²) in [5, 5.41) is 19.3. The molecule has 2 aliphatic heterocycles. The predicted octanol–water partition coefficient (Wildman–Crippen LogP) is 4.68. The van der Waals surface area contributed by atoms with Gasteiger partial charge in [-0.3, -0.25) is 0 Å². The van der Waals surface area contributed by atoms with Gasteiger partial charge < -0.3 is 14.9 Å². The van der Waals surface area contributed by atoms with E-state index in [0.29, 0.717) is 24.0 Å². The van der Waals surface area contributed by atoms with Crippen molar-refractivity contribution in [3.8, 4) is 0 Å². The van der Waals surface area contributed by atoms with Crippen molar-refractivity contribution in [1.82, 2.24) is 0 Å². The van der Waals surface area contributed by atoms with Crippen molar-refractivity contribution in [2.24, 2.45) is 17.3 Å². The Hall–Kier alpha value is -0.780. The van der Waals surface area contributed by atoms with Crippen molar-refractivity contribution in [1.29, 1.82) is 0 Å². The van der Waals surface area contributed by atoms with Crippen LogP contribution in [0.3, 0.4) is 0 Å². The molecule has 154 valence electrons. The molecular weight excluding hydrogens is 360 g/mol. The number of aliphatic hydroxyl groups excluding tert-OH is 1. The molecule has 2 fully saturated rings. The Morgan fingerprint density at radius 2 is 2.07 bits per heavy atom. The quantitative estimate of drug-likeness (QED) is 0.285. The van der Waals surface area contributed by atoms with Gasteiger partial charge in [0, 0.05) is 17.7 Å². The molecular formula is C22H36O4S. The summed E-state index contributed by atoms with van der Waals surface area (Å²) in [6.07, 6.45) is 14.1. The smallest absolute Gasteiger partial charge is 0.328 e. The van der Waals surface area contributed by atoms with E-state index in [1.807, 2.05) is 6.08 Å². The zero-order valence-corrected chi connectivity index (χ0v) is 17.8. The van der Waals surface area contributed by atoms with E-state index in [1.165, 1.54) is 6.08 Å². The highest BCUT2D eigenvalue weighted by Crippen LogP contribution is 2.46. The highest BCUT2D eigenvalue weighted by atomic mass is 32.2. The summed E-state index contributed by atoms with van der Waals surface area (Å²) in [5.74, 6) is 1.77. The number of carbonyl (C=O) groups is 1. The summed E-state index contributed by atoms with van der Waals surface area (Å²) in [4.78, 5) is 10.5. The molecule has 0 radical (unpaired) electrons. The van der Waals surface area contributed by atoms with E-state index in [4.69, 9.17) is 9.84 Å². The summed E-state index contributed by atoms with van der Waals surface area (Å²) in [5.41, 5.74) is -0.0905. The van der Waals surface area contributed by atoms with Crippen LogP contribution in [0.2, 0.25) is 0 Å². The number of fused-ring (bicyclic) bond motifs is 2. The molecule has 0 saturated carbocycles. The third-order valence-corrected chi connectivity index (χ3v) is 7.00. The number of carboxylic acid groups (broad SMARTS) is 1. The van der Waals surface area contributed by atoms with E-state index >= 15 is 0 Å². The molecule has 2 saturated heterocycles. The molecule has 2 N–H and O–H groups in total. The van der Waals surface area contributed by atoms with Crippen LogP contribution in [-0.2, 0) is 9.53 Å². The van der Waals surface area contributed by atoms with Gasteiger partial charge >= 0.3 is 5.97 Å². The maximum atomic E-state index is 10.7. The van der Waals surface area contributed by atoms with Gasteiger partial charge in [-0.25, -0.2) is 4.79 Å². The molecule has 1 unspecified atom stereocenters. The SMILES string of the molecule is CCCCC(C)(C)C(O)C=C[C@H]1[C@@H](CCSCC=CC(=O)O)[C@H]2CC[C@@H]1O2. The lowest BCUT2D eigenvalue weighted by atomic mass is 9.76. The van der Waals surface area contributed by atoms with Crippen LogP contribution >= 0.6 is 11.8 Å². The average Bonchev–Trinajstić information content (AvgIpc) is 3.22. The van der Waals surface area contributed by atoms with Gasteiger partial charge in [-0.1, -0.05) is 51.8 Å². The largest absolute Gasteiger partial charge is 0.478 e. The first kappa shape index (κ1) is 22.5. The Kier molecular flexibility index (Phi) is 8.90. The number of unbranched alkanes of at least 4 members (excludes halogenated alkanes) is 1. The molecule has 5 atom stereocenters. The van der Waals surface area contributed by atoms with Gasteiger partial charge in [-0.05, 0) is 42.8 Å². The molecule has 0 spiro atoms. The van der Waals surface area contributed by atoms with Crippen LogP contribution in [0, 0.1) is 17.3 Å². The Bertz CT molecular complexity index is 528. The van der Waals surface area contributed by atoms with Gasteiger partial charge in [0.1, 0.15) is 0 Å². The summed E-state index contributed by atoms with van der Waals surface area (Å²) in [6.45, 7) is 6.48. The fourth-order valence-corrected chi connectivity index (χ4v) is 5.09. The molecule has 0 aromatic carbocycles. The van der Waals surface area contributed by atoms with Gasteiger partial charge in [-0.2, -0.15) is 11.8 Å². The molecule has 0 amide bonds. The minimum Gasteiger partial charge on any atom is -0.478 e. The van der Waals surface area contributed by atoms with Gasteiger partial charge in [0.2, 0.25) is 0 Å². The molecule has 27 heavy (non-hydrogen) atoms. The van der Waals surface area contributed by atoms with Crippen molar-refractivity contribution in [3.05, 3.63) is 24.3 Å². The first-order valence-electron chi connectivity index (χ1n) is 10.3. The first-order chi connectivity index (χ1) is 12.8. The summed E-state index contributed by atoms with van der Waals surface area (Å²) >= 11 is 1.77. The fourth-order valence-electron chi connectivity index (χ4n) is 4.25. The summed E-state index contributed by atoms with van der Waals surface area (Å²) < 4.78 is 6.16. The van der Waals surface area contributed by atoms with Crippen LogP contribution in [0.25, 0.3) is 0 Å². The van der Waals surface area contributed by atoms with Crippen molar-refractivity contribution >= 4 is 17.7 Å². The van der Waals surface area contributed by atoms with Crippen LogP contribution in [0.5, 0.6) is 0 Å². The second kappa shape index (κ2) is 10.7. The Morgan fingerprint density at radius 3 is 2.78 bits per heavy atom. The van der Waals surface area contributed by atoms with E-state index in [0.717, 1.165) is 50.0 Å². The van der Waals surface area contributed by atoms with E-state index in [1.54, 1.807) is 17.8 Å². The standard InChI is InChI=1S/C22H36O4S/c1-4-5-13-22(2,3)20(23)11-8-16-17(19-10-9-18(16)26-19)12-15-27-14-6-7-21(24)25/h6-8,11,16-20,23H,4-5,9-10,12-15H2,1-3H3,(H,24,25)/t16-,17+,18-,19+,20?/m0/s1. The van der Waals surface area contributed by atoms with Gasteiger partial charge in [0.15, 0.2) is 0 Å². The van der Waals surface area contributed by atoms with Crippen molar-refractivity contribution < 1.29 is 19.7 Å². The Labute approximate surface area is 168 Å². The number of aliphatic carboxylic acids is 1. The van der Waals surface area contributed by atoms with Crippen LogP contribution in [-0.4, -0.2) is 46.0 Å². The zero-order chi connectivity index (χ0) is 19.9. The third kappa shape index (κ3) is 6.65. The van der Waals surface area contributed by atoms with Gasteiger partial charge in [-0.15, -0.1) is 0 Å². The minimum absolute atomic E-state index is 0.0905. The van der Waals surface area contributed by atoms with Crippen LogP contribution in [0.1, 0.15) is 59.3 Å². The van der Waals surface area contributed by atoms with Crippen molar-refractivity contribution in [2.75, 3.05) is 11.5 Å². The number of ether oxygens (including phenoxy) is 1. The van der Waals surface area contributed by atoms with Crippen molar-refractivity contribution in [3.63, 3.8) is 0 Å². The molecule has 5 heteroatoms. The first-order valence-corrected chi connectivity index (χ1v) is 11.5. The monoisotopic (exact) mass is 396 g/mol. The highest BCUT2D eigenvalue weighted by Gasteiger charge is 2.47. The van der Waals surface area contributed by atoms with Crippen molar-refractivity contribution in [2.45, 2.75) is 77.6 Å². The molecule has 0 aromatic heterocycles. The van der Waals surface area contributed by atoms with E-state index < -0.39 is 12.1 Å². The second-order valence-corrected chi connectivity index (χ2v) is 9.71. The zero-order valence-electron chi connectivity index (χ0n) is 17.0. The van der Waals surface area contributed by atoms with Gasteiger partial charge in [0.25, 0.3) is 0 Å². The number of thioether (sulfide) groups is 1.